The van der Waals surface area contributed by atoms with Crippen LogP contribution in [0.15, 0.2) is 18.2 Å². The van der Waals surface area contributed by atoms with Crippen molar-refractivity contribution in [2.75, 3.05) is 37.6 Å². The van der Waals surface area contributed by atoms with E-state index in [1.807, 2.05) is 4.90 Å². The van der Waals surface area contributed by atoms with Gasteiger partial charge in [0.05, 0.1) is 12.6 Å². The van der Waals surface area contributed by atoms with Crippen LogP contribution in [0.4, 0.5) is 23.2 Å². The molecule has 0 saturated carbocycles. The second kappa shape index (κ2) is 6.19. The monoisotopic (exact) mass is 306 g/mol. The SMILES string of the molecule is C[C@H](O)c1c(F)cccc1N1CCN(CC(F)(F)F)CC1. The van der Waals surface area contributed by atoms with Crippen molar-refractivity contribution < 1.29 is 22.7 Å². The molecule has 1 N–H and O–H groups in total. The molecule has 0 amide bonds. The molecule has 7 heteroatoms. The van der Waals surface area contributed by atoms with Crippen LogP contribution in [0.25, 0.3) is 0 Å². The molecule has 0 radical (unpaired) electrons. The summed E-state index contributed by atoms with van der Waals surface area (Å²) in [4.78, 5) is 3.15. The summed E-state index contributed by atoms with van der Waals surface area (Å²) in [6.45, 7) is 1.82. The number of rotatable bonds is 3. The average Bonchev–Trinajstić information content (AvgIpc) is 2.37. The first-order valence-electron chi connectivity index (χ1n) is 6.78. The Bertz CT molecular complexity index is 482. The summed E-state index contributed by atoms with van der Waals surface area (Å²) in [6, 6.07) is 4.49. The summed E-state index contributed by atoms with van der Waals surface area (Å²) in [6.07, 6.45) is -5.17. The molecule has 0 aliphatic carbocycles. The maximum atomic E-state index is 13.8. The van der Waals surface area contributed by atoms with Crippen LogP contribution >= 0.6 is 0 Å². The van der Waals surface area contributed by atoms with Crippen LogP contribution in [0.5, 0.6) is 0 Å². The maximum absolute atomic E-state index is 13.8. The standard InChI is InChI=1S/C14H18F4N2O/c1-10(21)13-11(15)3-2-4-12(13)20-7-5-19(6-8-20)9-14(16,17)18/h2-4,10,21H,5-9H2,1H3/t10-/m0/s1. The minimum Gasteiger partial charge on any atom is -0.389 e. The van der Waals surface area contributed by atoms with E-state index in [1.165, 1.54) is 17.9 Å². The van der Waals surface area contributed by atoms with Crippen molar-refractivity contribution in [2.24, 2.45) is 0 Å². The summed E-state index contributed by atoms with van der Waals surface area (Å²) >= 11 is 0. The van der Waals surface area contributed by atoms with Crippen LogP contribution in [0.2, 0.25) is 0 Å². The lowest BCUT2D eigenvalue weighted by Crippen LogP contribution is -2.49. The summed E-state index contributed by atoms with van der Waals surface area (Å²) in [5, 5.41) is 9.70. The maximum Gasteiger partial charge on any atom is 0.401 e. The molecule has 1 heterocycles. The lowest BCUT2D eigenvalue weighted by molar-refractivity contribution is -0.146. The molecule has 1 atom stereocenters. The van der Waals surface area contributed by atoms with Crippen molar-refractivity contribution in [3.8, 4) is 0 Å². The Hall–Kier alpha value is -1.34. The molecule has 0 bridgehead atoms. The number of aliphatic hydroxyl groups excluding tert-OH is 1. The largest absolute Gasteiger partial charge is 0.401 e. The van der Waals surface area contributed by atoms with Gasteiger partial charge in [-0.3, -0.25) is 4.90 Å². The van der Waals surface area contributed by atoms with Gasteiger partial charge in [-0.05, 0) is 19.1 Å². The zero-order valence-corrected chi connectivity index (χ0v) is 11.7. The number of aliphatic hydroxyl groups is 1. The Morgan fingerprint density at radius 3 is 2.33 bits per heavy atom. The smallest absolute Gasteiger partial charge is 0.389 e. The van der Waals surface area contributed by atoms with E-state index in [0.717, 1.165) is 0 Å². The molecule has 0 unspecified atom stereocenters. The van der Waals surface area contributed by atoms with Crippen molar-refractivity contribution in [3.63, 3.8) is 0 Å². The van der Waals surface area contributed by atoms with Gasteiger partial charge >= 0.3 is 6.18 Å². The van der Waals surface area contributed by atoms with Gasteiger partial charge in [0.25, 0.3) is 0 Å². The van der Waals surface area contributed by atoms with E-state index >= 15 is 0 Å². The molecule has 2 rings (SSSR count). The van der Waals surface area contributed by atoms with E-state index in [4.69, 9.17) is 0 Å². The minimum absolute atomic E-state index is 0.196. The Kier molecular flexibility index (Phi) is 4.73. The lowest BCUT2D eigenvalue weighted by Gasteiger charge is -2.37. The van der Waals surface area contributed by atoms with Gasteiger partial charge in [0, 0.05) is 37.4 Å². The van der Waals surface area contributed by atoms with E-state index in [2.05, 4.69) is 0 Å². The molecule has 3 nitrogen and oxygen atoms in total. The third-order valence-corrected chi connectivity index (χ3v) is 3.56. The van der Waals surface area contributed by atoms with Crippen molar-refractivity contribution >= 4 is 5.69 Å². The number of alkyl halides is 3. The van der Waals surface area contributed by atoms with Gasteiger partial charge in [0.1, 0.15) is 5.82 Å². The number of nitrogens with zero attached hydrogens (tertiary/aromatic N) is 2. The Balaban J connectivity index is 2.08. The third-order valence-electron chi connectivity index (χ3n) is 3.56. The van der Waals surface area contributed by atoms with Crippen molar-refractivity contribution in [1.29, 1.82) is 0 Å². The predicted octanol–water partition coefficient (Wildman–Crippen LogP) is 2.56. The highest BCUT2D eigenvalue weighted by atomic mass is 19.4. The van der Waals surface area contributed by atoms with Gasteiger partial charge in [-0.1, -0.05) is 6.07 Å². The second-order valence-electron chi connectivity index (χ2n) is 5.23. The number of benzene rings is 1. The Labute approximate surface area is 120 Å². The van der Waals surface area contributed by atoms with E-state index in [1.54, 1.807) is 12.1 Å². The van der Waals surface area contributed by atoms with Gasteiger partial charge < -0.3 is 10.0 Å². The molecule has 1 aliphatic rings. The fraction of sp³-hybridized carbons (Fsp3) is 0.571. The molecule has 1 aliphatic heterocycles. The lowest BCUT2D eigenvalue weighted by atomic mass is 10.1. The van der Waals surface area contributed by atoms with Crippen LogP contribution in [-0.4, -0.2) is 48.9 Å². The van der Waals surface area contributed by atoms with Crippen LogP contribution in [0.3, 0.4) is 0 Å². The molecule has 1 fully saturated rings. The topological polar surface area (TPSA) is 26.7 Å². The Morgan fingerprint density at radius 1 is 1.19 bits per heavy atom. The molecular weight excluding hydrogens is 288 g/mol. The fourth-order valence-corrected chi connectivity index (χ4v) is 2.62. The Morgan fingerprint density at radius 2 is 1.81 bits per heavy atom. The van der Waals surface area contributed by atoms with Crippen molar-refractivity contribution in [1.82, 2.24) is 4.90 Å². The van der Waals surface area contributed by atoms with E-state index in [-0.39, 0.29) is 18.7 Å². The third kappa shape index (κ3) is 4.07. The van der Waals surface area contributed by atoms with E-state index < -0.39 is 24.6 Å². The number of halogens is 4. The van der Waals surface area contributed by atoms with Crippen LogP contribution in [0.1, 0.15) is 18.6 Å². The quantitative estimate of drug-likeness (QED) is 0.870. The second-order valence-corrected chi connectivity index (χ2v) is 5.23. The van der Waals surface area contributed by atoms with Crippen LogP contribution in [0, 0.1) is 5.82 Å². The summed E-state index contributed by atoms with van der Waals surface area (Å²) < 4.78 is 50.8. The van der Waals surface area contributed by atoms with Crippen molar-refractivity contribution in [3.05, 3.63) is 29.6 Å². The van der Waals surface area contributed by atoms with E-state index in [9.17, 15) is 22.7 Å². The highest BCUT2D eigenvalue weighted by Gasteiger charge is 2.32. The van der Waals surface area contributed by atoms with Crippen LogP contribution in [-0.2, 0) is 0 Å². The first kappa shape index (κ1) is 16.0. The first-order valence-corrected chi connectivity index (χ1v) is 6.78. The molecule has 1 saturated heterocycles. The number of piperazine rings is 1. The first-order chi connectivity index (χ1) is 9.78. The van der Waals surface area contributed by atoms with Gasteiger partial charge in [-0.15, -0.1) is 0 Å². The zero-order valence-electron chi connectivity index (χ0n) is 11.7. The molecule has 1 aromatic rings. The highest BCUT2D eigenvalue weighted by molar-refractivity contribution is 5.55. The summed E-state index contributed by atoms with van der Waals surface area (Å²) in [5.74, 6) is -0.500. The van der Waals surface area contributed by atoms with Gasteiger partial charge in [-0.2, -0.15) is 13.2 Å². The normalized spacial score (nSPS) is 18.9. The molecule has 118 valence electrons. The van der Waals surface area contributed by atoms with Gasteiger partial charge in [0.15, 0.2) is 0 Å². The molecular formula is C14H18F4N2O. The van der Waals surface area contributed by atoms with Crippen molar-refractivity contribution in [2.45, 2.75) is 19.2 Å². The number of hydrogen-bond acceptors (Lipinski definition) is 3. The predicted molar refractivity (Wildman–Crippen MR) is 71.7 cm³/mol. The summed E-state index contributed by atoms with van der Waals surface area (Å²) in [7, 11) is 0. The number of hydrogen-bond donors (Lipinski definition) is 1. The van der Waals surface area contributed by atoms with Crippen LogP contribution < -0.4 is 4.90 Å². The molecule has 21 heavy (non-hydrogen) atoms. The molecule has 0 aromatic heterocycles. The van der Waals surface area contributed by atoms with E-state index in [0.29, 0.717) is 18.8 Å². The van der Waals surface area contributed by atoms with Gasteiger partial charge in [0.2, 0.25) is 0 Å². The molecule has 1 aromatic carbocycles. The summed E-state index contributed by atoms with van der Waals surface area (Å²) in [5.41, 5.74) is 0.749. The fourth-order valence-electron chi connectivity index (χ4n) is 2.62. The number of anilines is 1. The zero-order chi connectivity index (χ0) is 15.6. The highest BCUT2D eigenvalue weighted by Crippen LogP contribution is 2.30. The van der Waals surface area contributed by atoms with Gasteiger partial charge in [-0.25, -0.2) is 4.39 Å². The minimum atomic E-state index is -4.20. The average molecular weight is 306 g/mol. The molecule has 0 spiro atoms.